The summed E-state index contributed by atoms with van der Waals surface area (Å²) in [6.45, 7) is 3.46. The average Bonchev–Trinajstić information content (AvgIpc) is 3.29. The molecule has 3 rings (SSSR count). The zero-order valence-corrected chi connectivity index (χ0v) is 15.5. The highest BCUT2D eigenvalue weighted by atomic mass is 32.1. The quantitative estimate of drug-likeness (QED) is 0.758. The van der Waals surface area contributed by atoms with Crippen molar-refractivity contribution in [2.24, 2.45) is 0 Å². The minimum atomic E-state index is 0.304. The zero-order valence-electron chi connectivity index (χ0n) is 13.8. The number of ether oxygens (including phenoxy) is 1. The first-order valence-electron chi connectivity index (χ1n) is 8.52. The van der Waals surface area contributed by atoms with Gasteiger partial charge in [0.25, 0.3) is 0 Å². The van der Waals surface area contributed by atoms with Crippen molar-refractivity contribution in [1.82, 2.24) is 10.2 Å². The lowest BCUT2D eigenvalue weighted by molar-refractivity contribution is 0.0899. The second kappa shape index (κ2) is 9.16. The monoisotopic (exact) mass is 360 g/mol. The summed E-state index contributed by atoms with van der Waals surface area (Å²) in [6, 6.07) is 14.8. The Bertz CT molecular complexity index is 610. The van der Waals surface area contributed by atoms with Gasteiger partial charge in [-0.15, -0.1) is 11.3 Å². The molecular formula is C19H24N2OS2. The van der Waals surface area contributed by atoms with E-state index in [1.807, 2.05) is 6.07 Å². The van der Waals surface area contributed by atoms with Crippen molar-refractivity contribution in [3.8, 4) is 0 Å². The van der Waals surface area contributed by atoms with Crippen LogP contribution in [0, 0.1) is 0 Å². The number of hydrogen-bond donors (Lipinski definition) is 1. The van der Waals surface area contributed by atoms with Gasteiger partial charge < -0.3 is 15.0 Å². The van der Waals surface area contributed by atoms with Gasteiger partial charge in [-0.25, -0.2) is 0 Å². The molecule has 1 N–H and O–H groups in total. The number of rotatable bonds is 7. The molecule has 0 aliphatic carbocycles. The summed E-state index contributed by atoms with van der Waals surface area (Å²) in [5.41, 5.74) is 1.33. The van der Waals surface area contributed by atoms with E-state index < -0.39 is 0 Å². The van der Waals surface area contributed by atoms with Gasteiger partial charge in [-0.2, -0.15) is 0 Å². The lowest BCUT2D eigenvalue weighted by atomic mass is 10.1. The van der Waals surface area contributed by atoms with Crippen molar-refractivity contribution in [3.05, 3.63) is 58.3 Å². The Morgan fingerprint density at radius 3 is 2.83 bits per heavy atom. The first-order chi connectivity index (χ1) is 11.8. The molecule has 24 heavy (non-hydrogen) atoms. The Balaban J connectivity index is 1.53. The first kappa shape index (κ1) is 17.4. The number of thiocarbonyl (C=S) groups is 1. The third-order valence-electron chi connectivity index (χ3n) is 4.19. The highest BCUT2D eigenvalue weighted by molar-refractivity contribution is 7.80. The minimum Gasteiger partial charge on any atom is -0.376 e. The Hall–Kier alpha value is -1.43. The number of thiophene rings is 1. The van der Waals surface area contributed by atoms with Crippen LogP contribution in [0.4, 0.5) is 0 Å². The normalized spacial score (nSPS) is 16.9. The van der Waals surface area contributed by atoms with Crippen LogP contribution in [0.3, 0.4) is 0 Å². The second-order valence-electron chi connectivity index (χ2n) is 6.06. The first-order valence-corrected chi connectivity index (χ1v) is 9.81. The molecule has 0 saturated carbocycles. The van der Waals surface area contributed by atoms with Crippen LogP contribution in [0.25, 0.3) is 0 Å². The molecule has 2 heterocycles. The van der Waals surface area contributed by atoms with Gasteiger partial charge in [0.2, 0.25) is 0 Å². The van der Waals surface area contributed by atoms with Gasteiger partial charge >= 0.3 is 0 Å². The maximum absolute atomic E-state index is 5.80. The number of hydrogen-bond acceptors (Lipinski definition) is 3. The molecule has 3 nitrogen and oxygen atoms in total. The van der Waals surface area contributed by atoms with Crippen molar-refractivity contribution in [1.29, 1.82) is 0 Å². The molecule has 0 bridgehead atoms. The van der Waals surface area contributed by atoms with Crippen LogP contribution < -0.4 is 5.32 Å². The standard InChI is InChI=1S/C19H24N2OS2/c23-19(20-11-10-16-6-2-1-3-7-16)21(14-17-8-4-12-22-17)15-18-9-5-13-24-18/h1-3,5-7,9,13,17H,4,8,10-12,14-15H2,(H,20,23)/t17-/m0/s1. The number of benzene rings is 1. The Kier molecular flexibility index (Phi) is 6.64. The van der Waals surface area contributed by atoms with Crippen LogP contribution in [-0.2, 0) is 17.7 Å². The van der Waals surface area contributed by atoms with Crippen molar-refractivity contribution in [3.63, 3.8) is 0 Å². The molecule has 1 fully saturated rings. The zero-order chi connectivity index (χ0) is 16.6. The largest absolute Gasteiger partial charge is 0.376 e. The summed E-state index contributed by atoms with van der Waals surface area (Å²) < 4.78 is 5.80. The fraction of sp³-hybridized carbons (Fsp3) is 0.421. The van der Waals surface area contributed by atoms with E-state index >= 15 is 0 Å². The van der Waals surface area contributed by atoms with Crippen LogP contribution in [0.5, 0.6) is 0 Å². The SMILES string of the molecule is S=C(NCCc1ccccc1)N(Cc1cccs1)C[C@@H]1CCCO1. The molecule has 0 spiro atoms. The molecule has 1 atom stereocenters. The summed E-state index contributed by atoms with van der Waals surface area (Å²) >= 11 is 7.44. The lowest BCUT2D eigenvalue weighted by Gasteiger charge is -2.28. The Morgan fingerprint density at radius 1 is 1.25 bits per heavy atom. The van der Waals surface area contributed by atoms with Crippen LogP contribution in [-0.4, -0.2) is 35.8 Å². The molecule has 1 aliphatic heterocycles. The fourth-order valence-electron chi connectivity index (χ4n) is 2.91. The summed E-state index contributed by atoms with van der Waals surface area (Å²) in [7, 11) is 0. The topological polar surface area (TPSA) is 24.5 Å². The highest BCUT2D eigenvalue weighted by Gasteiger charge is 2.21. The van der Waals surface area contributed by atoms with Gasteiger partial charge in [0, 0.05) is 24.6 Å². The molecule has 1 aromatic heterocycles. The molecule has 0 radical (unpaired) electrons. The van der Waals surface area contributed by atoms with Crippen LogP contribution in [0.15, 0.2) is 47.8 Å². The van der Waals surface area contributed by atoms with E-state index in [2.05, 4.69) is 52.0 Å². The predicted molar refractivity (Wildman–Crippen MR) is 104 cm³/mol. The van der Waals surface area contributed by atoms with E-state index in [1.165, 1.54) is 10.4 Å². The fourth-order valence-corrected chi connectivity index (χ4v) is 3.87. The van der Waals surface area contributed by atoms with Gasteiger partial charge in [0.15, 0.2) is 5.11 Å². The summed E-state index contributed by atoms with van der Waals surface area (Å²) in [4.78, 5) is 3.59. The van der Waals surface area contributed by atoms with E-state index in [9.17, 15) is 0 Å². The van der Waals surface area contributed by atoms with Gasteiger partial charge in [0.1, 0.15) is 0 Å². The van der Waals surface area contributed by atoms with Crippen LogP contribution in [0.2, 0.25) is 0 Å². The van der Waals surface area contributed by atoms with Crippen LogP contribution in [0.1, 0.15) is 23.3 Å². The molecule has 5 heteroatoms. The van der Waals surface area contributed by atoms with E-state index in [1.54, 1.807) is 11.3 Å². The predicted octanol–water partition coefficient (Wildman–Crippen LogP) is 3.85. The maximum atomic E-state index is 5.80. The van der Waals surface area contributed by atoms with Gasteiger partial charge in [-0.3, -0.25) is 0 Å². The molecule has 1 aliphatic rings. The lowest BCUT2D eigenvalue weighted by Crippen LogP contribution is -2.43. The number of nitrogens with one attached hydrogen (secondary N) is 1. The smallest absolute Gasteiger partial charge is 0.169 e. The highest BCUT2D eigenvalue weighted by Crippen LogP contribution is 2.17. The molecule has 1 aromatic carbocycles. The molecule has 2 aromatic rings. The Labute approximate surface area is 153 Å². The van der Waals surface area contributed by atoms with E-state index in [-0.39, 0.29) is 0 Å². The van der Waals surface area contributed by atoms with Crippen molar-refractivity contribution < 1.29 is 4.74 Å². The van der Waals surface area contributed by atoms with Crippen molar-refractivity contribution in [2.45, 2.75) is 31.9 Å². The Morgan fingerprint density at radius 2 is 2.12 bits per heavy atom. The molecule has 128 valence electrons. The maximum Gasteiger partial charge on any atom is 0.169 e. The third-order valence-corrected chi connectivity index (χ3v) is 5.46. The molecule has 1 saturated heterocycles. The van der Waals surface area contributed by atoms with Crippen molar-refractivity contribution in [2.75, 3.05) is 19.7 Å². The minimum absolute atomic E-state index is 0.304. The van der Waals surface area contributed by atoms with E-state index in [0.29, 0.717) is 6.10 Å². The van der Waals surface area contributed by atoms with Gasteiger partial charge in [-0.05, 0) is 48.5 Å². The molecule has 0 amide bonds. The molecule has 0 unspecified atom stereocenters. The third kappa shape index (κ3) is 5.30. The van der Waals surface area contributed by atoms with Gasteiger partial charge in [0.05, 0.1) is 12.6 Å². The molecular weight excluding hydrogens is 336 g/mol. The second-order valence-corrected chi connectivity index (χ2v) is 7.48. The summed E-state index contributed by atoms with van der Waals surface area (Å²) in [6.07, 6.45) is 3.58. The van der Waals surface area contributed by atoms with Crippen LogP contribution >= 0.6 is 23.6 Å². The van der Waals surface area contributed by atoms with E-state index in [4.69, 9.17) is 17.0 Å². The summed E-state index contributed by atoms with van der Waals surface area (Å²) in [5.74, 6) is 0. The average molecular weight is 361 g/mol. The number of nitrogens with zero attached hydrogens (tertiary/aromatic N) is 1. The van der Waals surface area contributed by atoms with E-state index in [0.717, 1.165) is 50.6 Å². The van der Waals surface area contributed by atoms with Crippen molar-refractivity contribution >= 4 is 28.7 Å². The van der Waals surface area contributed by atoms with Gasteiger partial charge in [-0.1, -0.05) is 36.4 Å². The summed E-state index contributed by atoms with van der Waals surface area (Å²) in [5, 5.41) is 6.37.